The van der Waals surface area contributed by atoms with Gasteiger partial charge in [0.25, 0.3) is 0 Å². The van der Waals surface area contributed by atoms with Gasteiger partial charge in [0, 0.05) is 13.0 Å². The number of aromatic nitrogens is 5. The average molecular weight is 286 g/mol. The molecule has 3 aromatic heterocycles. The maximum atomic E-state index is 12.9. The first-order valence-electron chi connectivity index (χ1n) is 6.49. The first-order chi connectivity index (χ1) is 10.3. The van der Waals surface area contributed by atoms with Gasteiger partial charge in [-0.15, -0.1) is 0 Å². The number of fused-ring (bicyclic) bond motifs is 1. The Balaban J connectivity index is 1.59. The van der Waals surface area contributed by atoms with Gasteiger partial charge in [-0.3, -0.25) is 5.32 Å². The van der Waals surface area contributed by atoms with Gasteiger partial charge in [-0.2, -0.15) is 4.98 Å². The highest BCUT2D eigenvalue weighted by molar-refractivity contribution is 5.47. The highest BCUT2D eigenvalue weighted by atomic mass is 19.1. The molecule has 0 amide bonds. The van der Waals surface area contributed by atoms with Gasteiger partial charge >= 0.3 is 0 Å². The maximum Gasteiger partial charge on any atom is 0.244 e. The van der Waals surface area contributed by atoms with E-state index in [1.54, 1.807) is 6.33 Å². The fourth-order valence-electron chi connectivity index (χ4n) is 2.33. The van der Waals surface area contributed by atoms with Crippen molar-refractivity contribution < 1.29 is 8.91 Å². The van der Waals surface area contributed by atoms with E-state index in [-0.39, 0.29) is 6.04 Å². The number of H-pyrrole nitrogens is 1. The molecule has 4 rings (SSSR count). The van der Waals surface area contributed by atoms with Gasteiger partial charge in [0.1, 0.15) is 11.5 Å². The Labute approximate surface area is 118 Å². The van der Waals surface area contributed by atoms with E-state index in [4.69, 9.17) is 4.52 Å². The zero-order chi connectivity index (χ0) is 14.2. The summed E-state index contributed by atoms with van der Waals surface area (Å²) in [6.45, 7) is 0.673. The summed E-state index contributed by atoms with van der Waals surface area (Å²) in [6.07, 6.45) is 3.48. The van der Waals surface area contributed by atoms with Crippen LogP contribution in [-0.2, 0) is 13.0 Å². The molecule has 8 heteroatoms. The summed E-state index contributed by atoms with van der Waals surface area (Å²) in [5.41, 5.74) is 2.55. The molecular formula is C13H11FN6O. The summed E-state index contributed by atoms with van der Waals surface area (Å²) >= 11 is 0. The number of hydrogen-bond acceptors (Lipinski definition) is 6. The molecule has 0 radical (unpaired) electrons. The minimum Gasteiger partial charge on any atom is -0.347 e. The van der Waals surface area contributed by atoms with E-state index in [1.165, 1.54) is 12.1 Å². The quantitative estimate of drug-likeness (QED) is 0.739. The molecule has 0 fully saturated rings. The van der Waals surface area contributed by atoms with Crippen LogP contribution < -0.4 is 5.32 Å². The van der Waals surface area contributed by atoms with E-state index < -0.39 is 5.82 Å². The number of rotatable bonds is 2. The number of aromatic amines is 1. The van der Waals surface area contributed by atoms with Crippen LogP contribution in [-0.4, -0.2) is 25.1 Å². The first-order valence-corrected chi connectivity index (χ1v) is 6.49. The number of halogens is 1. The molecule has 0 saturated heterocycles. The van der Waals surface area contributed by atoms with E-state index in [9.17, 15) is 4.39 Å². The summed E-state index contributed by atoms with van der Waals surface area (Å²) in [7, 11) is 0. The molecule has 1 atom stereocenters. The minimum atomic E-state index is -0.400. The number of nitrogens with zero attached hydrogens (tertiary/aromatic N) is 4. The molecule has 7 nitrogen and oxygen atoms in total. The van der Waals surface area contributed by atoms with E-state index >= 15 is 0 Å². The van der Waals surface area contributed by atoms with Gasteiger partial charge in [-0.05, 0) is 12.1 Å². The van der Waals surface area contributed by atoms with Crippen LogP contribution >= 0.6 is 0 Å². The first kappa shape index (κ1) is 12.2. The molecule has 1 aliphatic rings. The summed E-state index contributed by atoms with van der Waals surface area (Å²) < 4.78 is 18.1. The van der Waals surface area contributed by atoms with Gasteiger partial charge in [0.2, 0.25) is 11.7 Å². The molecule has 1 aliphatic heterocycles. The van der Waals surface area contributed by atoms with Crippen molar-refractivity contribution in [3.8, 4) is 11.5 Å². The fourth-order valence-corrected chi connectivity index (χ4v) is 2.33. The third-order valence-corrected chi connectivity index (χ3v) is 3.43. The van der Waals surface area contributed by atoms with Crippen molar-refractivity contribution in [2.45, 2.75) is 19.0 Å². The summed E-state index contributed by atoms with van der Waals surface area (Å²) in [5, 5.41) is 7.20. The van der Waals surface area contributed by atoms with E-state index in [1.807, 2.05) is 0 Å². The van der Waals surface area contributed by atoms with Crippen LogP contribution in [0, 0.1) is 5.82 Å². The number of hydrogen-bond donors (Lipinski definition) is 2. The van der Waals surface area contributed by atoms with Crippen molar-refractivity contribution in [2.75, 3.05) is 0 Å². The standard InChI is InChI=1S/C13H11FN6O/c14-7-1-2-8(15-4-7)12-19-13(21-20-12)10-3-9-11(5-16-10)18-6-17-9/h1-2,4,6,10,16H,3,5H2,(H,17,18). The lowest BCUT2D eigenvalue weighted by molar-refractivity contribution is 0.319. The monoisotopic (exact) mass is 286 g/mol. The predicted octanol–water partition coefficient (Wildman–Crippen LogP) is 1.38. The second-order valence-electron chi connectivity index (χ2n) is 4.78. The highest BCUT2D eigenvalue weighted by Gasteiger charge is 2.26. The van der Waals surface area contributed by atoms with Crippen LogP contribution in [0.3, 0.4) is 0 Å². The maximum absolute atomic E-state index is 12.9. The Hall–Kier alpha value is -2.61. The molecule has 0 aliphatic carbocycles. The van der Waals surface area contributed by atoms with Crippen LogP contribution in [0.4, 0.5) is 4.39 Å². The third-order valence-electron chi connectivity index (χ3n) is 3.43. The van der Waals surface area contributed by atoms with Crippen molar-refractivity contribution in [1.29, 1.82) is 0 Å². The summed E-state index contributed by atoms with van der Waals surface area (Å²) in [4.78, 5) is 15.6. The lowest BCUT2D eigenvalue weighted by Crippen LogP contribution is -2.28. The molecule has 106 valence electrons. The highest BCUT2D eigenvalue weighted by Crippen LogP contribution is 2.24. The normalized spacial score (nSPS) is 17.7. The van der Waals surface area contributed by atoms with Crippen LogP contribution in [0.1, 0.15) is 23.3 Å². The van der Waals surface area contributed by atoms with Gasteiger partial charge in [0.15, 0.2) is 0 Å². The summed E-state index contributed by atoms with van der Waals surface area (Å²) in [5.74, 6) is 0.423. The van der Waals surface area contributed by atoms with Crippen LogP contribution in [0.25, 0.3) is 11.5 Å². The van der Waals surface area contributed by atoms with E-state index in [0.29, 0.717) is 30.4 Å². The SMILES string of the molecule is Fc1ccc(-c2noc(C3Cc4nc[nH]c4CN3)n2)nc1. The third kappa shape index (κ3) is 2.19. The summed E-state index contributed by atoms with van der Waals surface area (Å²) in [6, 6.07) is 2.75. The Morgan fingerprint density at radius 1 is 1.29 bits per heavy atom. The Bertz CT molecular complexity index is 765. The zero-order valence-electron chi connectivity index (χ0n) is 10.9. The second kappa shape index (κ2) is 4.74. The van der Waals surface area contributed by atoms with Crippen molar-refractivity contribution >= 4 is 0 Å². The number of pyridine rings is 1. The van der Waals surface area contributed by atoms with Gasteiger partial charge in [-0.25, -0.2) is 14.4 Å². The molecule has 4 heterocycles. The molecule has 0 spiro atoms. The zero-order valence-corrected chi connectivity index (χ0v) is 10.9. The lowest BCUT2D eigenvalue weighted by atomic mass is 10.1. The van der Waals surface area contributed by atoms with Gasteiger partial charge in [0.05, 0.1) is 30.0 Å². The van der Waals surface area contributed by atoms with Crippen LogP contribution in [0.5, 0.6) is 0 Å². The topological polar surface area (TPSA) is 92.5 Å². The molecular weight excluding hydrogens is 275 g/mol. The second-order valence-corrected chi connectivity index (χ2v) is 4.78. The van der Waals surface area contributed by atoms with Crippen molar-refractivity contribution in [3.05, 3.63) is 47.8 Å². The van der Waals surface area contributed by atoms with E-state index in [2.05, 4.69) is 30.4 Å². The average Bonchev–Trinajstić information content (AvgIpc) is 3.16. The molecule has 3 aromatic rings. The molecule has 21 heavy (non-hydrogen) atoms. The fraction of sp³-hybridized carbons (Fsp3) is 0.231. The van der Waals surface area contributed by atoms with Gasteiger partial charge < -0.3 is 9.51 Å². The molecule has 2 N–H and O–H groups in total. The van der Waals surface area contributed by atoms with Crippen molar-refractivity contribution in [2.24, 2.45) is 0 Å². The Morgan fingerprint density at radius 3 is 3.10 bits per heavy atom. The molecule has 1 unspecified atom stereocenters. The van der Waals surface area contributed by atoms with Gasteiger partial charge in [-0.1, -0.05) is 5.16 Å². The van der Waals surface area contributed by atoms with Crippen molar-refractivity contribution in [3.63, 3.8) is 0 Å². The van der Waals surface area contributed by atoms with Crippen molar-refractivity contribution in [1.82, 2.24) is 30.4 Å². The number of imidazole rings is 1. The Kier molecular flexibility index (Phi) is 2.74. The number of nitrogens with one attached hydrogen (secondary N) is 2. The van der Waals surface area contributed by atoms with Crippen LogP contribution in [0.2, 0.25) is 0 Å². The molecule has 0 saturated carbocycles. The molecule has 0 bridgehead atoms. The Morgan fingerprint density at radius 2 is 2.24 bits per heavy atom. The van der Waals surface area contributed by atoms with Crippen LogP contribution in [0.15, 0.2) is 29.2 Å². The molecule has 0 aromatic carbocycles. The predicted molar refractivity (Wildman–Crippen MR) is 69.4 cm³/mol. The minimum absolute atomic E-state index is 0.0810. The smallest absolute Gasteiger partial charge is 0.244 e. The van der Waals surface area contributed by atoms with E-state index in [0.717, 1.165) is 17.6 Å². The largest absolute Gasteiger partial charge is 0.347 e. The lowest BCUT2D eigenvalue weighted by Gasteiger charge is -2.19.